The normalized spacial score (nSPS) is 12.3. The number of H-pyrrole nitrogens is 1. The summed E-state index contributed by atoms with van der Waals surface area (Å²) in [5, 5.41) is 12.3. The van der Waals surface area contributed by atoms with Crippen LogP contribution in [0.5, 0.6) is 0 Å². The van der Waals surface area contributed by atoms with Crippen LogP contribution in [0.1, 0.15) is 43.4 Å². The molecule has 0 spiro atoms. The highest BCUT2D eigenvalue weighted by Gasteiger charge is 2.19. The van der Waals surface area contributed by atoms with Crippen molar-refractivity contribution in [2.75, 3.05) is 7.05 Å². The van der Waals surface area contributed by atoms with Crippen LogP contribution in [-0.4, -0.2) is 37.7 Å². The van der Waals surface area contributed by atoms with E-state index in [1.165, 1.54) is 10.9 Å². The molecule has 138 valence electrons. The highest BCUT2D eigenvalue weighted by molar-refractivity contribution is 5.84. The van der Waals surface area contributed by atoms with Gasteiger partial charge in [0, 0.05) is 30.2 Å². The molecule has 0 radical (unpaired) electrons. The van der Waals surface area contributed by atoms with Crippen LogP contribution >= 0.6 is 0 Å². The molecule has 0 aliphatic rings. The summed E-state index contributed by atoms with van der Waals surface area (Å²) >= 11 is 0. The van der Waals surface area contributed by atoms with Gasteiger partial charge >= 0.3 is 6.03 Å². The number of carbonyl (C=O) groups is 1. The minimum atomic E-state index is -0.206. The van der Waals surface area contributed by atoms with Gasteiger partial charge < -0.3 is 19.8 Å². The van der Waals surface area contributed by atoms with Crippen molar-refractivity contribution >= 4 is 16.9 Å². The number of fused-ring (bicyclic) bond motifs is 1. The van der Waals surface area contributed by atoms with Crippen LogP contribution in [0, 0.1) is 6.92 Å². The molecule has 7 nitrogen and oxygen atoms in total. The van der Waals surface area contributed by atoms with Gasteiger partial charge in [-0.15, -0.1) is 10.2 Å². The van der Waals surface area contributed by atoms with E-state index in [1.807, 2.05) is 23.6 Å². The molecule has 7 heteroatoms. The summed E-state index contributed by atoms with van der Waals surface area (Å²) in [5.41, 5.74) is 3.32. The second-order valence-corrected chi connectivity index (χ2v) is 6.68. The van der Waals surface area contributed by atoms with Gasteiger partial charge in [-0.2, -0.15) is 0 Å². The van der Waals surface area contributed by atoms with Gasteiger partial charge in [-0.3, -0.25) is 0 Å². The lowest BCUT2D eigenvalue weighted by molar-refractivity contribution is 0.202. The molecule has 1 unspecified atom stereocenters. The average Bonchev–Trinajstić information content (AvgIpc) is 3.21. The van der Waals surface area contributed by atoms with E-state index in [4.69, 9.17) is 0 Å². The minimum Gasteiger partial charge on any atom is -0.357 e. The van der Waals surface area contributed by atoms with Gasteiger partial charge in [-0.25, -0.2) is 4.79 Å². The Bertz CT molecular complexity index is 896. The lowest BCUT2D eigenvalue weighted by Gasteiger charge is -2.21. The van der Waals surface area contributed by atoms with Crippen molar-refractivity contribution in [1.82, 2.24) is 30.0 Å². The highest BCUT2D eigenvalue weighted by atomic mass is 16.2. The number of para-hydroxylation sites is 1. The summed E-state index contributed by atoms with van der Waals surface area (Å²) in [4.78, 5) is 17.7. The zero-order valence-corrected chi connectivity index (χ0v) is 15.8. The number of amides is 2. The van der Waals surface area contributed by atoms with E-state index >= 15 is 0 Å². The second-order valence-electron chi connectivity index (χ2n) is 6.68. The van der Waals surface area contributed by atoms with Crippen molar-refractivity contribution in [3.63, 3.8) is 0 Å². The zero-order chi connectivity index (χ0) is 18.7. The number of aryl methyl sites for hydroxylation is 2. The Morgan fingerprint density at radius 3 is 2.88 bits per heavy atom. The first-order chi connectivity index (χ1) is 12.5. The lowest BCUT2D eigenvalue weighted by atomic mass is 10.1. The van der Waals surface area contributed by atoms with Crippen molar-refractivity contribution < 1.29 is 4.79 Å². The van der Waals surface area contributed by atoms with E-state index in [0.717, 1.165) is 30.0 Å². The van der Waals surface area contributed by atoms with Crippen LogP contribution in [0.3, 0.4) is 0 Å². The molecule has 2 N–H and O–H groups in total. The SMILES string of the molecule is CCCn1cnnc1C(C)NC(=O)N(C)Cc1[nH]c2ccccc2c1C. The molecule has 26 heavy (non-hydrogen) atoms. The molecule has 2 amide bonds. The molecule has 0 fully saturated rings. The third-order valence-corrected chi connectivity index (χ3v) is 4.65. The van der Waals surface area contributed by atoms with E-state index < -0.39 is 0 Å². The van der Waals surface area contributed by atoms with Gasteiger partial charge in [0.25, 0.3) is 0 Å². The number of nitrogens with zero attached hydrogens (tertiary/aromatic N) is 4. The number of rotatable bonds is 6. The molecule has 0 bridgehead atoms. The van der Waals surface area contributed by atoms with Crippen LogP contribution in [-0.2, 0) is 13.1 Å². The molecule has 0 saturated heterocycles. The predicted octanol–water partition coefficient (Wildman–Crippen LogP) is 3.38. The molecule has 2 aromatic heterocycles. The Balaban J connectivity index is 1.67. The van der Waals surface area contributed by atoms with Gasteiger partial charge in [-0.1, -0.05) is 25.1 Å². The number of nitrogens with one attached hydrogen (secondary N) is 2. The number of aromatic amines is 1. The molecule has 0 saturated carbocycles. The van der Waals surface area contributed by atoms with Gasteiger partial charge in [0.2, 0.25) is 0 Å². The van der Waals surface area contributed by atoms with Crippen molar-refractivity contribution in [2.45, 2.75) is 46.3 Å². The number of benzene rings is 1. The monoisotopic (exact) mass is 354 g/mol. The van der Waals surface area contributed by atoms with Crippen molar-refractivity contribution in [2.24, 2.45) is 0 Å². The predicted molar refractivity (Wildman–Crippen MR) is 102 cm³/mol. The number of urea groups is 1. The van der Waals surface area contributed by atoms with Crippen molar-refractivity contribution in [3.8, 4) is 0 Å². The highest BCUT2D eigenvalue weighted by Crippen LogP contribution is 2.22. The number of hydrogen-bond donors (Lipinski definition) is 2. The lowest BCUT2D eigenvalue weighted by Crippen LogP contribution is -2.39. The maximum absolute atomic E-state index is 12.6. The first kappa shape index (κ1) is 18.0. The molecular weight excluding hydrogens is 328 g/mol. The quantitative estimate of drug-likeness (QED) is 0.712. The van der Waals surface area contributed by atoms with Gasteiger partial charge in [0.15, 0.2) is 5.82 Å². The summed E-state index contributed by atoms with van der Waals surface area (Å²) < 4.78 is 1.98. The van der Waals surface area contributed by atoms with Crippen molar-refractivity contribution in [1.29, 1.82) is 0 Å². The Hall–Kier alpha value is -2.83. The third-order valence-electron chi connectivity index (χ3n) is 4.65. The summed E-state index contributed by atoms with van der Waals surface area (Å²) in [6, 6.07) is 7.83. The van der Waals surface area contributed by atoms with Gasteiger partial charge in [-0.05, 0) is 31.9 Å². The van der Waals surface area contributed by atoms with Crippen LogP contribution < -0.4 is 5.32 Å². The summed E-state index contributed by atoms with van der Waals surface area (Å²) in [5.74, 6) is 0.774. The molecule has 3 rings (SSSR count). The largest absolute Gasteiger partial charge is 0.357 e. The fraction of sp³-hybridized carbons (Fsp3) is 0.421. The van der Waals surface area contributed by atoms with E-state index in [0.29, 0.717) is 6.54 Å². The minimum absolute atomic E-state index is 0.137. The summed E-state index contributed by atoms with van der Waals surface area (Å²) in [6.45, 7) is 7.46. The zero-order valence-electron chi connectivity index (χ0n) is 15.8. The van der Waals surface area contributed by atoms with Crippen molar-refractivity contribution in [3.05, 3.63) is 47.7 Å². The smallest absolute Gasteiger partial charge is 0.318 e. The fourth-order valence-corrected chi connectivity index (χ4v) is 3.18. The molecule has 3 aromatic rings. The van der Waals surface area contributed by atoms with Crippen LogP contribution in [0.15, 0.2) is 30.6 Å². The Kier molecular flexibility index (Phi) is 5.25. The van der Waals surface area contributed by atoms with E-state index in [2.05, 4.69) is 46.5 Å². The van der Waals surface area contributed by atoms with E-state index in [9.17, 15) is 4.79 Å². The maximum atomic E-state index is 12.6. The van der Waals surface area contributed by atoms with Crippen LogP contribution in [0.4, 0.5) is 4.79 Å². The Morgan fingerprint density at radius 2 is 2.15 bits per heavy atom. The summed E-state index contributed by atoms with van der Waals surface area (Å²) in [6.07, 6.45) is 2.70. The second kappa shape index (κ2) is 7.59. The molecule has 2 heterocycles. The van der Waals surface area contributed by atoms with Crippen LogP contribution in [0.25, 0.3) is 10.9 Å². The number of carbonyl (C=O) groups excluding carboxylic acids is 1. The first-order valence-corrected chi connectivity index (χ1v) is 8.96. The van der Waals surface area contributed by atoms with E-state index in [1.54, 1.807) is 18.3 Å². The number of aromatic nitrogens is 4. The van der Waals surface area contributed by atoms with Gasteiger partial charge in [0.05, 0.1) is 12.6 Å². The fourth-order valence-electron chi connectivity index (χ4n) is 3.18. The third kappa shape index (κ3) is 3.56. The molecular formula is C19H26N6O. The standard InChI is InChI=1S/C19H26N6O/c1-5-10-25-12-20-23-18(25)14(3)21-19(26)24(4)11-17-13(2)15-8-6-7-9-16(15)22-17/h6-9,12,14,22H,5,10-11H2,1-4H3,(H,21,26). The topological polar surface area (TPSA) is 78.8 Å². The molecule has 1 aromatic carbocycles. The molecule has 0 aliphatic heterocycles. The molecule has 1 atom stereocenters. The Labute approximate surface area is 153 Å². The van der Waals surface area contributed by atoms with Gasteiger partial charge in [0.1, 0.15) is 6.33 Å². The number of hydrogen-bond acceptors (Lipinski definition) is 3. The van der Waals surface area contributed by atoms with Crippen LogP contribution in [0.2, 0.25) is 0 Å². The summed E-state index contributed by atoms with van der Waals surface area (Å²) in [7, 11) is 1.80. The Morgan fingerprint density at radius 1 is 1.38 bits per heavy atom. The first-order valence-electron chi connectivity index (χ1n) is 8.96. The average molecular weight is 354 g/mol. The molecule has 0 aliphatic carbocycles. The van der Waals surface area contributed by atoms with E-state index in [-0.39, 0.29) is 12.1 Å². The maximum Gasteiger partial charge on any atom is 0.318 e.